The molecule has 5 nitrogen and oxygen atoms in total. The molecular weight excluding hydrogens is 338 g/mol. The number of nitrogens with zero attached hydrogens (tertiary/aromatic N) is 2. The van der Waals surface area contributed by atoms with Gasteiger partial charge < -0.3 is 10.4 Å². The molecular formula is C19H20ClN3O2. The van der Waals surface area contributed by atoms with E-state index in [0.717, 1.165) is 16.7 Å². The second kappa shape index (κ2) is 7.94. The molecule has 0 aliphatic rings. The summed E-state index contributed by atoms with van der Waals surface area (Å²) in [6.45, 7) is 7.16. The number of carbonyl (C=O) groups is 1. The molecule has 2 aromatic rings. The fourth-order valence-electron chi connectivity index (χ4n) is 2.21. The van der Waals surface area contributed by atoms with Gasteiger partial charge >= 0.3 is 0 Å². The van der Waals surface area contributed by atoms with Gasteiger partial charge in [-0.05, 0) is 57.0 Å². The van der Waals surface area contributed by atoms with Crippen LogP contribution in [0, 0.1) is 20.8 Å². The largest absolute Gasteiger partial charge is 0.510 e. The van der Waals surface area contributed by atoms with Crippen LogP contribution in [-0.2, 0) is 4.79 Å². The van der Waals surface area contributed by atoms with Gasteiger partial charge in [-0.1, -0.05) is 35.4 Å². The molecule has 6 heteroatoms. The summed E-state index contributed by atoms with van der Waals surface area (Å²) in [5.74, 6) is -0.770. The molecule has 0 bridgehead atoms. The first-order valence-electron chi connectivity index (χ1n) is 7.74. The molecule has 2 N–H and O–H groups in total. The Kier molecular flexibility index (Phi) is 5.93. The zero-order chi connectivity index (χ0) is 18.6. The highest BCUT2D eigenvalue weighted by Crippen LogP contribution is 2.27. The molecule has 0 aliphatic heterocycles. The molecule has 0 saturated heterocycles. The van der Waals surface area contributed by atoms with Gasteiger partial charge in [0.15, 0.2) is 5.70 Å². The van der Waals surface area contributed by atoms with Gasteiger partial charge in [0.2, 0.25) is 0 Å². The van der Waals surface area contributed by atoms with Crippen molar-refractivity contribution in [3.8, 4) is 0 Å². The van der Waals surface area contributed by atoms with Gasteiger partial charge in [0, 0.05) is 5.69 Å². The Bertz CT molecular complexity index is 869. The number of nitrogens with one attached hydrogen (secondary N) is 1. The Balaban J connectivity index is 2.24. The van der Waals surface area contributed by atoms with Crippen LogP contribution in [-0.4, -0.2) is 11.0 Å². The third kappa shape index (κ3) is 4.90. The van der Waals surface area contributed by atoms with Crippen LogP contribution in [0.5, 0.6) is 0 Å². The fourth-order valence-corrected chi connectivity index (χ4v) is 2.49. The summed E-state index contributed by atoms with van der Waals surface area (Å²) in [7, 11) is 0. The van der Waals surface area contributed by atoms with Gasteiger partial charge in [-0.25, -0.2) is 0 Å². The Hall–Kier alpha value is -2.66. The van der Waals surface area contributed by atoms with Crippen LogP contribution in [0.1, 0.15) is 23.6 Å². The SMILES string of the molecule is C/C(O)=C(\N=Nc1ccc(C)cc1Cl)C(=O)Nc1ccc(C)cc1C. The van der Waals surface area contributed by atoms with Crippen LogP contribution in [0.15, 0.2) is 58.1 Å². The lowest BCUT2D eigenvalue weighted by atomic mass is 10.1. The number of azo groups is 1. The number of benzene rings is 2. The number of aliphatic hydroxyl groups is 1. The average Bonchev–Trinajstić information content (AvgIpc) is 2.52. The maximum atomic E-state index is 12.4. The van der Waals surface area contributed by atoms with Crippen molar-refractivity contribution in [3.05, 3.63) is 69.6 Å². The minimum Gasteiger partial charge on any atom is -0.510 e. The molecule has 0 fully saturated rings. The number of allylic oxidation sites excluding steroid dienone is 1. The van der Waals surface area contributed by atoms with E-state index in [-0.39, 0.29) is 11.5 Å². The lowest BCUT2D eigenvalue weighted by Gasteiger charge is -2.09. The summed E-state index contributed by atoms with van der Waals surface area (Å²) in [5.41, 5.74) is 3.91. The highest BCUT2D eigenvalue weighted by atomic mass is 35.5. The van der Waals surface area contributed by atoms with Crippen molar-refractivity contribution in [2.45, 2.75) is 27.7 Å². The molecule has 0 atom stereocenters. The second-order valence-corrected chi connectivity index (χ2v) is 6.27. The van der Waals surface area contributed by atoms with E-state index in [9.17, 15) is 9.90 Å². The Morgan fingerprint density at radius 2 is 1.72 bits per heavy atom. The molecule has 0 aromatic heterocycles. The van der Waals surface area contributed by atoms with Crippen molar-refractivity contribution < 1.29 is 9.90 Å². The first-order chi connectivity index (χ1) is 11.8. The topological polar surface area (TPSA) is 74.0 Å². The van der Waals surface area contributed by atoms with Gasteiger partial charge in [-0.15, -0.1) is 10.2 Å². The van der Waals surface area contributed by atoms with E-state index < -0.39 is 5.91 Å². The molecule has 2 rings (SSSR count). The number of carbonyl (C=O) groups excluding carboxylic acids is 1. The van der Waals surface area contributed by atoms with Crippen LogP contribution in [0.4, 0.5) is 11.4 Å². The minimum absolute atomic E-state index is 0.170. The van der Waals surface area contributed by atoms with Crippen molar-refractivity contribution in [2.75, 3.05) is 5.32 Å². The van der Waals surface area contributed by atoms with Crippen molar-refractivity contribution in [1.29, 1.82) is 0 Å². The summed E-state index contributed by atoms with van der Waals surface area (Å²) >= 11 is 6.10. The standard InChI is InChI=1S/C19H20ClN3O2/c1-11-5-7-16(13(3)9-11)21-19(25)18(14(4)24)23-22-17-8-6-12(2)10-15(17)20/h5-10,24H,1-4H3,(H,21,25)/b18-14+,23-22?. The first kappa shape index (κ1) is 18.7. The Morgan fingerprint density at radius 1 is 1.08 bits per heavy atom. The van der Waals surface area contributed by atoms with Gasteiger partial charge in [0.05, 0.1) is 5.02 Å². The predicted molar refractivity (Wildman–Crippen MR) is 101 cm³/mol. The number of halogens is 1. The zero-order valence-electron chi connectivity index (χ0n) is 14.6. The highest BCUT2D eigenvalue weighted by molar-refractivity contribution is 6.33. The lowest BCUT2D eigenvalue weighted by molar-refractivity contribution is -0.113. The van der Waals surface area contributed by atoms with Crippen molar-refractivity contribution in [1.82, 2.24) is 0 Å². The molecule has 0 heterocycles. The predicted octanol–water partition coefficient (Wildman–Crippen LogP) is 5.78. The molecule has 0 radical (unpaired) electrons. The molecule has 0 saturated carbocycles. The van der Waals surface area contributed by atoms with Crippen LogP contribution >= 0.6 is 11.6 Å². The highest BCUT2D eigenvalue weighted by Gasteiger charge is 2.14. The molecule has 130 valence electrons. The maximum Gasteiger partial charge on any atom is 0.279 e. The van der Waals surface area contributed by atoms with Crippen LogP contribution in [0.25, 0.3) is 0 Å². The first-order valence-corrected chi connectivity index (χ1v) is 8.12. The van der Waals surface area contributed by atoms with Crippen LogP contribution in [0.2, 0.25) is 5.02 Å². The Labute approximate surface area is 152 Å². The maximum absolute atomic E-state index is 12.4. The zero-order valence-corrected chi connectivity index (χ0v) is 15.3. The summed E-state index contributed by atoms with van der Waals surface area (Å²) in [4.78, 5) is 12.4. The number of aryl methyl sites for hydroxylation is 3. The van der Waals surface area contributed by atoms with Crippen molar-refractivity contribution in [3.63, 3.8) is 0 Å². The number of rotatable bonds is 4. The third-order valence-electron chi connectivity index (χ3n) is 3.55. The van der Waals surface area contributed by atoms with E-state index in [1.807, 2.05) is 39.0 Å². The number of amides is 1. The monoisotopic (exact) mass is 357 g/mol. The number of hydrogen-bond donors (Lipinski definition) is 2. The van der Waals surface area contributed by atoms with E-state index in [0.29, 0.717) is 16.4 Å². The molecule has 1 amide bonds. The van der Waals surface area contributed by atoms with Crippen LogP contribution < -0.4 is 5.32 Å². The molecule has 2 aromatic carbocycles. The van der Waals surface area contributed by atoms with Gasteiger partial charge in [-0.2, -0.15) is 0 Å². The summed E-state index contributed by atoms with van der Waals surface area (Å²) < 4.78 is 0. The average molecular weight is 358 g/mol. The second-order valence-electron chi connectivity index (χ2n) is 5.86. The summed E-state index contributed by atoms with van der Waals surface area (Å²) in [6, 6.07) is 10.9. The van der Waals surface area contributed by atoms with Crippen LogP contribution in [0.3, 0.4) is 0 Å². The smallest absolute Gasteiger partial charge is 0.279 e. The van der Waals surface area contributed by atoms with Crippen molar-refractivity contribution >= 4 is 28.9 Å². The van der Waals surface area contributed by atoms with E-state index in [1.165, 1.54) is 6.92 Å². The summed E-state index contributed by atoms with van der Waals surface area (Å²) in [6.07, 6.45) is 0. The third-order valence-corrected chi connectivity index (χ3v) is 3.85. The molecule has 0 unspecified atom stereocenters. The van der Waals surface area contributed by atoms with E-state index in [1.54, 1.807) is 18.2 Å². The number of anilines is 1. The van der Waals surface area contributed by atoms with E-state index in [2.05, 4.69) is 15.5 Å². The van der Waals surface area contributed by atoms with E-state index >= 15 is 0 Å². The quantitative estimate of drug-likeness (QED) is 0.413. The minimum atomic E-state index is -0.543. The number of aliphatic hydroxyl groups excluding tert-OH is 1. The molecule has 0 spiro atoms. The van der Waals surface area contributed by atoms with E-state index in [4.69, 9.17) is 11.6 Å². The summed E-state index contributed by atoms with van der Waals surface area (Å²) in [5, 5.41) is 20.8. The Morgan fingerprint density at radius 3 is 2.32 bits per heavy atom. The van der Waals surface area contributed by atoms with Gasteiger partial charge in [0.1, 0.15) is 11.4 Å². The van der Waals surface area contributed by atoms with Crippen molar-refractivity contribution in [2.24, 2.45) is 10.2 Å². The normalized spacial score (nSPS) is 12.2. The molecule has 0 aliphatic carbocycles. The number of hydrogen-bond acceptors (Lipinski definition) is 4. The lowest BCUT2D eigenvalue weighted by Crippen LogP contribution is -2.15. The van der Waals surface area contributed by atoms with Gasteiger partial charge in [-0.3, -0.25) is 4.79 Å². The molecule has 25 heavy (non-hydrogen) atoms. The fraction of sp³-hybridized carbons (Fsp3) is 0.211. The van der Waals surface area contributed by atoms with Gasteiger partial charge in [0.25, 0.3) is 5.91 Å².